The molecule has 0 atom stereocenters. The average molecular weight is 251 g/mol. The normalized spacial score (nSPS) is 10.4. The molecule has 0 unspecified atom stereocenters. The van der Waals surface area contributed by atoms with Crippen molar-refractivity contribution in [2.75, 3.05) is 13.4 Å². The molecule has 0 radical (unpaired) electrons. The molecule has 0 fully saturated rings. The minimum absolute atomic E-state index is 0.113. The molecular formula is C10H12Cl2O3. The SMILES string of the molecule is CCOCOc1cc(Cl)cc(CO)c1Cl. The van der Waals surface area contributed by atoms with Gasteiger partial charge in [0.25, 0.3) is 0 Å². The summed E-state index contributed by atoms with van der Waals surface area (Å²) in [7, 11) is 0. The molecular weight excluding hydrogens is 239 g/mol. The zero-order chi connectivity index (χ0) is 11.3. The molecule has 0 aliphatic carbocycles. The molecule has 1 N–H and O–H groups in total. The maximum atomic E-state index is 9.01. The number of aliphatic hydroxyl groups is 1. The lowest BCUT2D eigenvalue weighted by atomic mass is 10.2. The van der Waals surface area contributed by atoms with Gasteiger partial charge in [-0.2, -0.15) is 0 Å². The van der Waals surface area contributed by atoms with Crippen molar-refractivity contribution in [2.24, 2.45) is 0 Å². The molecule has 1 rings (SSSR count). The van der Waals surface area contributed by atoms with Crippen LogP contribution in [0.3, 0.4) is 0 Å². The van der Waals surface area contributed by atoms with E-state index in [9.17, 15) is 0 Å². The standard InChI is InChI=1S/C10H12Cl2O3/c1-2-14-6-15-9-4-8(11)3-7(5-13)10(9)12/h3-4,13H,2,5-6H2,1H3. The third-order valence-electron chi connectivity index (χ3n) is 1.75. The van der Waals surface area contributed by atoms with Crippen molar-refractivity contribution in [1.29, 1.82) is 0 Å². The van der Waals surface area contributed by atoms with Gasteiger partial charge in [0.2, 0.25) is 0 Å². The molecule has 1 aromatic carbocycles. The van der Waals surface area contributed by atoms with Crippen LogP contribution >= 0.6 is 23.2 Å². The van der Waals surface area contributed by atoms with Crippen LogP contribution in [0.4, 0.5) is 0 Å². The van der Waals surface area contributed by atoms with Crippen LogP contribution in [0, 0.1) is 0 Å². The monoisotopic (exact) mass is 250 g/mol. The van der Waals surface area contributed by atoms with Crippen LogP contribution in [0.1, 0.15) is 12.5 Å². The van der Waals surface area contributed by atoms with Crippen LogP contribution < -0.4 is 4.74 Å². The Morgan fingerprint density at radius 1 is 1.33 bits per heavy atom. The van der Waals surface area contributed by atoms with Gasteiger partial charge >= 0.3 is 0 Å². The highest BCUT2D eigenvalue weighted by Gasteiger charge is 2.08. The smallest absolute Gasteiger partial charge is 0.189 e. The Balaban J connectivity index is 2.81. The molecule has 3 nitrogen and oxygen atoms in total. The molecule has 0 aliphatic heterocycles. The molecule has 0 aromatic heterocycles. The maximum Gasteiger partial charge on any atom is 0.189 e. The minimum atomic E-state index is -0.176. The first-order valence-electron chi connectivity index (χ1n) is 4.48. The summed E-state index contributed by atoms with van der Waals surface area (Å²) in [5, 5.41) is 9.84. The Morgan fingerprint density at radius 3 is 2.67 bits per heavy atom. The van der Waals surface area contributed by atoms with Crippen molar-refractivity contribution in [2.45, 2.75) is 13.5 Å². The van der Waals surface area contributed by atoms with E-state index in [1.807, 2.05) is 6.92 Å². The average Bonchev–Trinajstić information content (AvgIpc) is 2.23. The summed E-state index contributed by atoms with van der Waals surface area (Å²) < 4.78 is 10.3. The van der Waals surface area contributed by atoms with Crippen molar-refractivity contribution in [3.63, 3.8) is 0 Å². The second kappa shape index (κ2) is 6.18. The highest BCUT2D eigenvalue weighted by atomic mass is 35.5. The van der Waals surface area contributed by atoms with Gasteiger partial charge in [0, 0.05) is 23.3 Å². The van der Waals surface area contributed by atoms with Crippen LogP contribution in [-0.2, 0) is 11.3 Å². The van der Waals surface area contributed by atoms with Crippen molar-refractivity contribution in [1.82, 2.24) is 0 Å². The minimum Gasteiger partial charge on any atom is -0.466 e. The van der Waals surface area contributed by atoms with E-state index in [-0.39, 0.29) is 13.4 Å². The summed E-state index contributed by atoms with van der Waals surface area (Å²) in [5.41, 5.74) is 0.538. The number of hydrogen-bond acceptors (Lipinski definition) is 3. The van der Waals surface area contributed by atoms with Gasteiger partial charge in [-0.15, -0.1) is 0 Å². The van der Waals surface area contributed by atoms with E-state index < -0.39 is 0 Å². The van der Waals surface area contributed by atoms with Crippen molar-refractivity contribution in [3.8, 4) is 5.75 Å². The summed E-state index contributed by atoms with van der Waals surface area (Å²) in [5.74, 6) is 0.418. The van der Waals surface area contributed by atoms with Crippen LogP contribution in [0.5, 0.6) is 5.75 Å². The van der Waals surface area contributed by atoms with E-state index in [0.29, 0.717) is 28.0 Å². The first kappa shape index (κ1) is 12.6. The lowest BCUT2D eigenvalue weighted by Crippen LogP contribution is -2.03. The summed E-state index contributed by atoms with van der Waals surface area (Å²) in [6.45, 7) is 2.36. The van der Waals surface area contributed by atoms with E-state index in [0.717, 1.165) is 0 Å². The molecule has 0 spiro atoms. The highest BCUT2D eigenvalue weighted by Crippen LogP contribution is 2.32. The van der Waals surface area contributed by atoms with Crippen LogP contribution in [0.15, 0.2) is 12.1 Å². The Hall–Kier alpha value is -0.480. The van der Waals surface area contributed by atoms with Gasteiger partial charge in [-0.1, -0.05) is 23.2 Å². The maximum absolute atomic E-state index is 9.01. The first-order chi connectivity index (χ1) is 7.19. The quantitative estimate of drug-likeness (QED) is 0.646. The molecule has 5 heteroatoms. The third kappa shape index (κ3) is 3.54. The van der Waals surface area contributed by atoms with Crippen LogP contribution in [0.2, 0.25) is 10.0 Å². The molecule has 84 valence electrons. The predicted octanol–water partition coefficient (Wildman–Crippen LogP) is 2.86. The van der Waals surface area contributed by atoms with E-state index in [1.165, 1.54) is 0 Å². The number of aliphatic hydroxyl groups excluding tert-OH is 1. The molecule has 0 amide bonds. The Labute approximate surface area is 98.5 Å². The van der Waals surface area contributed by atoms with E-state index in [4.69, 9.17) is 37.8 Å². The molecule has 0 heterocycles. The van der Waals surface area contributed by atoms with Gasteiger partial charge in [-0.25, -0.2) is 0 Å². The second-order valence-corrected chi connectivity index (χ2v) is 3.60. The zero-order valence-electron chi connectivity index (χ0n) is 8.30. The fraction of sp³-hybridized carbons (Fsp3) is 0.400. The largest absolute Gasteiger partial charge is 0.466 e. The Kier molecular flexibility index (Phi) is 5.19. The number of rotatable bonds is 5. The third-order valence-corrected chi connectivity index (χ3v) is 2.40. The van der Waals surface area contributed by atoms with Crippen molar-refractivity contribution >= 4 is 23.2 Å². The Morgan fingerprint density at radius 2 is 2.07 bits per heavy atom. The predicted molar refractivity (Wildman–Crippen MR) is 59.5 cm³/mol. The molecule has 0 aliphatic rings. The molecule has 0 bridgehead atoms. The fourth-order valence-electron chi connectivity index (χ4n) is 1.03. The number of hydrogen-bond donors (Lipinski definition) is 1. The van der Waals surface area contributed by atoms with E-state index >= 15 is 0 Å². The first-order valence-corrected chi connectivity index (χ1v) is 5.24. The summed E-state index contributed by atoms with van der Waals surface area (Å²) in [6, 6.07) is 3.18. The summed E-state index contributed by atoms with van der Waals surface area (Å²) in [6.07, 6.45) is 0. The molecule has 0 saturated carbocycles. The number of halogens is 2. The lowest BCUT2D eigenvalue weighted by molar-refractivity contribution is 0.0224. The topological polar surface area (TPSA) is 38.7 Å². The second-order valence-electron chi connectivity index (χ2n) is 2.79. The van der Waals surface area contributed by atoms with E-state index in [2.05, 4.69) is 0 Å². The number of benzene rings is 1. The van der Waals surface area contributed by atoms with Gasteiger partial charge < -0.3 is 14.6 Å². The van der Waals surface area contributed by atoms with Crippen molar-refractivity contribution in [3.05, 3.63) is 27.7 Å². The van der Waals surface area contributed by atoms with Gasteiger partial charge in [0.05, 0.1) is 11.6 Å². The zero-order valence-corrected chi connectivity index (χ0v) is 9.81. The number of ether oxygens (including phenoxy) is 2. The van der Waals surface area contributed by atoms with Crippen LogP contribution in [-0.4, -0.2) is 18.5 Å². The van der Waals surface area contributed by atoms with Crippen LogP contribution in [0.25, 0.3) is 0 Å². The molecule has 0 saturated heterocycles. The molecule has 1 aromatic rings. The fourth-order valence-corrected chi connectivity index (χ4v) is 1.48. The van der Waals surface area contributed by atoms with E-state index in [1.54, 1.807) is 12.1 Å². The molecule has 15 heavy (non-hydrogen) atoms. The van der Waals surface area contributed by atoms with Gasteiger partial charge in [-0.3, -0.25) is 0 Å². The van der Waals surface area contributed by atoms with Gasteiger partial charge in [0.15, 0.2) is 6.79 Å². The summed E-state index contributed by atoms with van der Waals surface area (Å²) >= 11 is 11.8. The highest BCUT2D eigenvalue weighted by molar-refractivity contribution is 6.34. The Bertz CT molecular complexity index is 329. The van der Waals surface area contributed by atoms with Crippen molar-refractivity contribution < 1.29 is 14.6 Å². The lowest BCUT2D eigenvalue weighted by Gasteiger charge is -2.10. The van der Waals surface area contributed by atoms with Gasteiger partial charge in [0.1, 0.15) is 5.75 Å². The summed E-state index contributed by atoms with van der Waals surface area (Å²) in [4.78, 5) is 0. The van der Waals surface area contributed by atoms with Gasteiger partial charge in [-0.05, 0) is 13.0 Å².